The lowest BCUT2D eigenvalue weighted by atomic mass is 10.2. The van der Waals surface area contributed by atoms with Crippen molar-refractivity contribution in [2.75, 3.05) is 6.16 Å². The van der Waals surface area contributed by atoms with Gasteiger partial charge in [-0.1, -0.05) is 66.4 Å². The fourth-order valence-corrected chi connectivity index (χ4v) is 2.03. The smallest absolute Gasteiger partial charge is 0.0250 e. The van der Waals surface area contributed by atoms with Crippen molar-refractivity contribution in [1.29, 1.82) is 0 Å². The Labute approximate surface area is 86.0 Å². The number of hydrogen-bond donors (Lipinski definition) is 0. The van der Waals surface area contributed by atoms with Crippen molar-refractivity contribution in [3.63, 3.8) is 0 Å². The molecule has 0 aliphatic carbocycles. The first kappa shape index (κ1) is 13.2. The molecule has 0 aromatic rings. The predicted molar refractivity (Wildman–Crippen MR) is 64.6 cm³/mol. The van der Waals surface area contributed by atoms with Crippen LogP contribution in [0.15, 0.2) is 11.9 Å². The van der Waals surface area contributed by atoms with E-state index < -0.39 is 0 Å². The van der Waals surface area contributed by atoms with Gasteiger partial charge in [0, 0.05) is 0 Å². The quantitative estimate of drug-likeness (QED) is 0.353. The first-order valence-electron chi connectivity index (χ1n) is 5.73. The number of unbranched alkanes of at least 4 members (excludes halogenated alkanes) is 5. The summed E-state index contributed by atoms with van der Waals surface area (Å²) < 4.78 is 0. The lowest BCUT2D eigenvalue weighted by Gasteiger charge is -1.95. The molecular weight excluding hydrogens is 175 g/mol. The zero-order valence-corrected chi connectivity index (χ0v) is 10.2. The first-order valence-corrected chi connectivity index (χ1v) is 6.88. The van der Waals surface area contributed by atoms with E-state index in [1.165, 1.54) is 59.7 Å². The Hall–Kier alpha value is 0.170. The maximum atomic E-state index is 2.34. The van der Waals surface area contributed by atoms with Gasteiger partial charge < -0.3 is 0 Å². The molecule has 0 atom stereocenters. The van der Waals surface area contributed by atoms with E-state index in [4.69, 9.17) is 0 Å². The zero-order chi connectivity index (χ0) is 9.78. The molecule has 0 aliphatic rings. The van der Waals surface area contributed by atoms with E-state index in [1.54, 1.807) is 0 Å². The molecule has 1 radical (unpaired) electrons. The standard InChI is InChI=1S/C12H24P/c1-3-5-7-9-11-13-12-10-8-6-4-2/h9,11H,3-8,10,12H2,1-2H3/b11-9+. The molecule has 0 unspecified atom stereocenters. The molecule has 13 heavy (non-hydrogen) atoms. The van der Waals surface area contributed by atoms with E-state index in [1.807, 2.05) is 0 Å². The number of rotatable bonds is 9. The molecule has 0 saturated heterocycles. The molecule has 0 saturated carbocycles. The first-order chi connectivity index (χ1) is 6.41. The molecule has 0 nitrogen and oxygen atoms in total. The fraction of sp³-hybridized carbons (Fsp3) is 0.833. The van der Waals surface area contributed by atoms with Gasteiger partial charge in [0.05, 0.1) is 0 Å². The molecule has 77 valence electrons. The van der Waals surface area contributed by atoms with E-state index in [2.05, 4.69) is 25.7 Å². The highest BCUT2D eigenvalue weighted by molar-refractivity contribution is 7.41. The Morgan fingerprint density at radius 1 is 0.923 bits per heavy atom. The second kappa shape index (κ2) is 12.2. The van der Waals surface area contributed by atoms with Crippen molar-refractivity contribution >= 4 is 8.58 Å². The Morgan fingerprint density at radius 2 is 1.69 bits per heavy atom. The zero-order valence-electron chi connectivity index (χ0n) is 9.26. The van der Waals surface area contributed by atoms with Gasteiger partial charge in [-0.05, 0) is 19.0 Å². The Kier molecular flexibility index (Phi) is 12.3. The Bertz CT molecular complexity index is 108. The van der Waals surface area contributed by atoms with Gasteiger partial charge >= 0.3 is 0 Å². The van der Waals surface area contributed by atoms with E-state index >= 15 is 0 Å². The highest BCUT2D eigenvalue weighted by atomic mass is 31.1. The van der Waals surface area contributed by atoms with Crippen molar-refractivity contribution in [2.24, 2.45) is 0 Å². The normalized spacial score (nSPS) is 12.2. The minimum atomic E-state index is 1.28. The third-order valence-corrected chi connectivity index (χ3v) is 3.07. The van der Waals surface area contributed by atoms with Gasteiger partial charge in [0.25, 0.3) is 0 Å². The molecular formula is C12H24P. The third kappa shape index (κ3) is 12.2. The van der Waals surface area contributed by atoms with Crippen LogP contribution >= 0.6 is 8.58 Å². The molecule has 0 aromatic carbocycles. The van der Waals surface area contributed by atoms with Crippen LogP contribution in [0, 0.1) is 0 Å². The minimum Gasteiger partial charge on any atom is -0.0837 e. The number of hydrogen-bond acceptors (Lipinski definition) is 0. The maximum Gasteiger partial charge on any atom is -0.0250 e. The monoisotopic (exact) mass is 199 g/mol. The summed E-state index contributed by atoms with van der Waals surface area (Å²) in [6.45, 7) is 4.51. The van der Waals surface area contributed by atoms with Crippen molar-refractivity contribution in [2.45, 2.75) is 58.8 Å². The highest BCUT2D eigenvalue weighted by Gasteiger charge is 1.86. The topological polar surface area (TPSA) is 0 Å². The summed E-state index contributed by atoms with van der Waals surface area (Å²) in [5.41, 5.74) is 0. The van der Waals surface area contributed by atoms with Gasteiger partial charge in [0.15, 0.2) is 0 Å². The summed E-state index contributed by atoms with van der Waals surface area (Å²) in [4.78, 5) is 0. The van der Waals surface area contributed by atoms with E-state index in [-0.39, 0.29) is 0 Å². The molecule has 0 fully saturated rings. The molecule has 0 spiro atoms. The van der Waals surface area contributed by atoms with Crippen LogP contribution in [0.2, 0.25) is 0 Å². The van der Waals surface area contributed by atoms with Crippen LogP contribution in [-0.2, 0) is 0 Å². The molecule has 0 N–H and O–H groups in total. The predicted octanol–water partition coefficient (Wildman–Crippen LogP) is 5.22. The Morgan fingerprint density at radius 3 is 2.38 bits per heavy atom. The van der Waals surface area contributed by atoms with Crippen LogP contribution < -0.4 is 0 Å². The van der Waals surface area contributed by atoms with Crippen molar-refractivity contribution in [3.05, 3.63) is 11.9 Å². The van der Waals surface area contributed by atoms with Gasteiger partial charge in [-0.15, -0.1) is 0 Å². The van der Waals surface area contributed by atoms with Crippen LogP contribution in [-0.4, -0.2) is 6.16 Å². The van der Waals surface area contributed by atoms with Gasteiger partial charge in [0.2, 0.25) is 0 Å². The fourth-order valence-electron chi connectivity index (χ4n) is 1.18. The lowest BCUT2D eigenvalue weighted by molar-refractivity contribution is 0.706. The summed E-state index contributed by atoms with van der Waals surface area (Å²) in [7, 11) is 1.52. The van der Waals surface area contributed by atoms with Crippen molar-refractivity contribution < 1.29 is 0 Å². The molecule has 0 aromatic heterocycles. The van der Waals surface area contributed by atoms with Crippen LogP contribution in [0.1, 0.15) is 58.8 Å². The third-order valence-electron chi connectivity index (χ3n) is 2.08. The summed E-state index contributed by atoms with van der Waals surface area (Å²) >= 11 is 0. The molecule has 0 amide bonds. The van der Waals surface area contributed by atoms with E-state index in [0.717, 1.165) is 0 Å². The largest absolute Gasteiger partial charge is 0.0837 e. The summed E-state index contributed by atoms with van der Waals surface area (Å²) in [5.74, 6) is 2.33. The van der Waals surface area contributed by atoms with Gasteiger partial charge in [-0.2, -0.15) is 0 Å². The molecule has 1 heteroatoms. The van der Waals surface area contributed by atoms with E-state index in [0.29, 0.717) is 0 Å². The van der Waals surface area contributed by atoms with E-state index in [9.17, 15) is 0 Å². The van der Waals surface area contributed by atoms with Crippen LogP contribution in [0.4, 0.5) is 0 Å². The molecule has 0 aliphatic heterocycles. The minimum absolute atomic E-state index is 1.28. The highest BCUT2D eigenvalue weighted by Crippen LogP contribution is 2.16. The van der Waals surface area contributed by atoms with Gasteiger partial charge in [-0.3, -0.25) is 0 Å². The lowest BCUT2D eigenvalue weighted by Crippen LogP contribution is -1.76. The molecule has 0 heterocycles. The summed E-state index contributed by atoms with van der Waals surface area (Å²) in [6.07, 6.45) is 13.2. The number of allylic oxidation sites excluding steroid dienone is 1. The van der Waals surface area contributed by atoms with Crippen LogP contribution in [0.25, 0.3) is 0 Å². The maximum absolute atomic E-state index is 2.34. The average Bonchev–Trinajstić information content (AvgIpc) is 2.16. The SMILES string of the molecule is CCCC/C=C/[P]CCCCCC. The summed E-state index contributed by atoms with van der Waals surface area (Å²) in [5, 5.41) is 0. The van der Waals surface area contributed by atoms with Gasteiger partial charge in [0.1, 0.15) is 0 Å². The van der Waals surface area contributed by atoms with Crippen molar-refractivity contribution in [3.8, 4) is 0 Å². The second-order valence-electron chi connectivity index (χ2n) is 3.49. The van der Waals surface area contributed by atoms with Crippen LogP contribution in [0.5, 0.6) is 0 Å². The van der Waals surface area contributed by atoms with Gasteiger partial charge in [-0.25, -0.2) is 0 Å². The average molecular weight is 199 g/mol. The Balaban J connectivity index is 2.93. The van der Waals surface area contributed by atoms with Crippen molar-refractivity contribution in [1.82, 2.24) is 0 Å². The summed E-state index contributed by atoms with van der Waals surface area (Å²) in [6, 6.07) is 0. The molecule has 0 bridgehead atoms. The molecule has 0 rings (SSSR count). The van der Waals surface area contributed by atoms with Crippen LogP contribution in [0.3, 0.4) is 0 Å². The second-order valence-corrected chi connectivity index (χ2v) is 4.60.